The number of fused-ring (bicyclic) bond motifs is 6. The Balaban J connectivity index is 1.21. The largest absolute Gasteiger partial charge is 0.456 e. The molecule has 3 aromatic heterocycles. The molecule has 0 N–H and O–H groups in total. The molecule has 0 bridgehead atoms. The Kier molecular flexibility index (Phi) is 5.47. The zero-order chi connectivity index (χ0) is 29.0. The lowest BCUT2D eigenvalue weighted by Gasteiger charge is -2.11. The van der Waals surface area contributed by atoms with Crippen molar-refractivity contribution in [2.75, 3.05) is 0 Å². The fourth-order valence-corrected chi connectivity index (χ4v) is 6.32. The monoisotopic (exact) mass is 563 g/mol. The molecule has 9 rings (SSSR count). The third kappa shape index (κ3) is 3.92. The van der Waals surface area contributed by atoms with Crippen LogP contribution in [0.15, 0.2) is 156 Å². The third-order valence-corrected chi connectivity index (χ3v) is 8.42. The molecule has 0 fully saturated rings. The van der Waals surface area contributed by atoms with Gasteiger partial charge in [-0.25, -0.2) is 9.97 Å². The number of hydrogen-bond donors (Lipinski definition) is 0. The molecular formula is C40H25N3O. The highest BCUT2D eigenvalue weighted by Crippen LogP contribution is 2.38. The first kappa shape index (κ1) is 24.6. The van der Waals surface area contributed by atoms with Gasteiger partial charge in [0.05, 0.1) is 22.4 Å². The zero-order valence-electron chi connectivity index (χ0n) is 23.7. The molecule has 0 amide bonds. The second-order valence-corrected chi connectivity index (χ2v) is 11.1. The smallest absolute Gasteiger partial charge is 0.160 e. The molecule has 9 aromatic rings. The standard InChI is InChI=1S/C40H25N3O/c1-3-11-26(12-4-1)34-24-35(42-40(41-34)28-13-5-2-6-14-28)27-19-21-29(22-20-27)43-36-17-9-7-15-30(36)32-23-33-31-16-8-10-18-38(31)44-39(33)25-37(32)43/h1-25H. The molecule has 44 heavy (non-hydrogen) atoms. The van der Waals surface area contributed by atoms with Gasteiger partial charge in [0.2, 0.25) is 0 Å². The summed E-state index contributed by atoms with van der Waals surface area (Å²) in [7, 11) is 0. The summed E-state index contributed by atoms with van der Waals surface area (Å²) in [6.45, 7) is 0. The molecule has 4 heteroatoms. The number of nitrogens with zero attached hydrogens (tertiary/aromatic N) is 3. The Bertz CT molecular complexity index is 2420. The quantitative estimate of drug-likeness (QED) is 0.214. The van der Waals surface area contributed by atoms with E-state index in [1.165, 1.54) is 10.8 Å². The number of para-hydroxylation sites is 2. The van der Waals surface area contributed by atoms with Gasteiger partial charge in [-0.2, -0.15) is 0 Å². The maximum atomic E-state index is 6.29. The van der Waals surface area contributed by atoms with Crippen LogP contribution in [-0.2, 0) is 0 Å². The first-order chi connectivity index (χ1) is 21.8. The van der Waals surface area contributed by atoms with Gasteiger partial charge in [-0.05, 0) is 36.4 Å². The maximum Gasteiger partial charge on any atom is 0.160 e. The number of benzene rings is 6. The molecule has 0 saturated heterocycles. The molecule has 0 saturated carbocycles. The van der Waals surface area contributed by atoms with E-state index in [-0.39, 0.29) is 0 Å². The fourth-order valence-electron chi connectivity index (χ4n) is 6.32. The van der Waals surface area contributed by atoms with Gasteiger partial charge in [-0.1, -0.05) is 109 Å². The highest BCUT2D eigenvalue weighted by atomic mass is 16.3. The van der Waals surface area contributed by atoms with Crippen molar-refractivity contribution in [2.24, 2.45) is 0 Å². The van der Waals surface area contributed by atoms with Crippen molar-refractivity contribution < 1.29 is 4.42 Å². The van der Waals surface area contributed by atoms with Crippen molar-refractivity contribution in [1.82, 2.24) is 14.5 Å². The topological polar surface area (TPSA) is 43.9 Å². The first-order valence-corrected chi connectivity index (χ1v) is 14.8. The molecule has 0 aliphatic carbocycles. The molecule has 4 nitrogen and oxygen atoms in total. The zero-order valence-corrected chi connectivity index (χ0v) is 23.7. The van der Waals surface area contributed by atoms with Gasteiger partial charge in [0.15, 0.2) is 5.82 Å². The number of rotatable bonds is 4. The van der Waals surface area contributed by atoms with E-state index in [0.29, 0.717) is 5.82 Å². The normalized spacial score (nSPS) is 11.6. The van der Waals surface area contributed by atoms with Gasteiger partial charge in [-0.15, -0.1) is 0 Å². The van der Waals surface area contributed by atoms with Crippen molar-refractivity contribution in [2.45, 2.75) is 0 Å². The van der Waals surface area contributed by atoms with Crippen molar-refractivity contribution in [3.63, 3.8) is 0 Å². The number of aromatic nitrogens is 3. The highest BCUT2D eigenvalue weighted by Gasteiger charge is 2.17. The van der Waals surface area contributed by atoms with Gasteiger partial charge in [-0.3, -0.25) is 0 Å². The molecule has 0 aliphatic rings. The van der Waals surface area contributed by atoms with Crippen LogP contribution in [0.4, 0.5) is 0 Å². The minimum absolute atomic E-state index is 0.711. The first-order valence-electron chi connectivity index (χ1n) is 14.8. The van der Waals surface area contributed by atoms with E-state index < -0.39 is 0 Å². The summed E-state index contributed by atoms with van der Waals surface area (Å²) < 4.78 is 8.62. The average molecular weight is 564 g/mol. The summed E-state index contributed by atoms with van der Waals surface area (Å²) in [5.74, 6) is 0.711. The number of furan rings is 1. The third-order valence-electron chi connectivity index (χ3n) is 8.42. The van der Waals surface area contributed by atoms with Gasteiger partial charge < -0.3 is 8.98 Å². The maximum absolute atomic E-state index is 6.29. The lowest BCUT2D eigenvalue weighted by atomic mass is 10.1. The lowest BCUT2D eigenvalue weighted by molar-refractivity contribution is 0.669. The molecular weight excluding hydrogens is 538 g/mol. The molecule has 3 heterocycles. The lowest BCUT2D eigenvalue weighted by Crippen LogP contribution is -1.97. The molecule has 0 radical (unpaired) electrons. The van der Waals surface area contributed by atoms with E-state index in [2.05, 4.69) is 108 Å². The highest BCUT2D eigenvalue weighted by molar-refractivity contribution is 6.17. The Labute approximate surface area is 253 Å². The second kappa shape index (κ2) is 9.79. The van der Waals surface area contributed by atoms with Gasteiger partial charge in [0.1, 0.15) is 11.2 Å². The van der Waals surface area contributed by atoms with Crippen molar-refractivity contribution in [1.29, 1.82) is 0 Å². The van der Waals surface area contributed by atoms with Crippen LogP contribution in [0.3, 0.4) is 0 Å². The molecule has 0 spiro atoms. The number of hydrogen-bond acceptors (Lipinski definition) is 3. The van der Waals surface area contributed by atoms with Crippen LogP contribution in [0.5, 0.6) is 0 Å². The van der Waals surface area contributed by atoms with Crippen molar-refractivity contribution in [3.05, 3.63) is 152 Å². The SMILES string of the molecule is c1ccc(-c2cc(-c3ccc(-n4c5ccccc5c5cc6c(cc54)oc4ccccc46)cc3)nc(-c3ccccc3)n2)cc1. The van der Waals surface area contributed by atoms with E-state index in [9.17, 15) is 0 Å². The van der Waals surface area contributed by atoms with Crippen molar-refractivity contribution >= 4 is 43.7 Å². The molecule has 6 aromatic carbocycles. The minimum Gasteiger partial charge on any atom is -0.456 e. The van der Waals surface area contributed by atoms with E-state index in [4.69, 9.17) is 14.4 Å². The Morgan fingerprint density at radius 3 is 1.77 bits per heavy atom. The summed E-state index contributed by atoms with van der Waals surface area (Å²) >= 11 is 0. The van der Waals surface area contributed by atoms with Crippen LogP contribution in [0, 0.1) is 0 Å². The summed E-state index contributed by atoms with van der Waals surface area (Å²) in [6.07, 6.45) is 0. The van der Waals surface area contributed by atoms with Crippen molar-refractivity contribution in [3.8, 4) is 39.6 Å². The Morgan fingerprint density at radius 2 is 1.02 bits per heavy atom. The van der Waals surface area contributed by atoms with Crippen LogP contribution in [-0.4, -0.2) is 14.5 Å². The van der Waals surface area contributed by atoms with Crippen LogP contribution in [0.1, 0.15) is 0 Å². The van der Waals surface area contributed by atoms with E-state index in [1.807, 2.05) is 48.5 Å². The van der Waals surface area contributed by atoms with E-state index >= 15 is 0 Å². The second-order valence-electron chi connectivity index (χ2n) is 11.1. The summed E-state index contributed by atoms with van der Waals surface area (Å²) in [5.41, 5.74) is 10.0. The fraction of sp³-hybridized carbons (Fsp3) is 0. The van der Waals surface area contributed by atoms with E-state index in [0.717, 1.165) is 66.7 Å². The minimum atomic E-state index is 0.711. The van der Waals surface area contributed by atoms with Crippen LogP contribution < -0.4 is 0 Å². The van der Waals surface area contributed by atoms with Gasteiger partial charge in [0, 0.05) is 50.0 Å². The van der Waals surface area contributed by atoms with Gasteiger partial charge >= 0.3 is 0 Å². The molecule has 206 valence electrons. The molecule has 0 atom stereocenters. The summed E-state index contributed by atoms with van der Waals surface area (Å²) in [6, 6.07) is 52.5. The average Bonchev–Trinajstić information content (AvgIpc) is 3.62. The predicted molar refractivity (Wildman–Crippen MR) is 180 cm³/mol. The van der Waals surface area contributed by atoms with Crippen LogP contribution in [0.2, 0.25) is 0 Å². The van der Waals surface area contributed by atoms with Gasteiger partial charge in [0.25, 0.3) is 0 Å². The molecule has 0 unspecified atom stereocenters. The van der Waals surface area contributed by atoms with E-state index in [1.54, 1.807) is 0 Å². The van der Waals surface area contributed by atoms with Crippen LogP contribution in [0.25, 0.3) is 83.3 Å². The Hall–Kier alpha value is -6.00. The Morgan fingerprint density at radius 1 is 0.409 bits per heavy atom. The predicted octanol–water partition coefficient (Wildman–Crippen LogP) is 10.5. The molecule has 0 aliphatic heterocycles. The summed E-state index contributed by atoms with van der Waals surface area (Å²) in [4.78, 5) is 9.96. The van der Waals surface area contributed by atoms with Crippen LogP contribution >= 0.6 is 0 Å². The summed E-state index contributed by atoms with van der Waals surface area (Å²) in [5, 5.41) is 4.70.